The monoisotopic (exact) mass is 362 g/mol. The van der Waals surface area contributed by atoms with Crippen molar-refractivity contribution in [3.8, 4) is 0 Å². The normalized spacial score (nSPS) is 11.6. The first-order chi connectivity index (χ1) is 9.31. The first-order valence-electron chi connectivity index (χ1n) is 6.33. The van der Waals surface area contributed by atoms with Crippen molar-refractivity contribution in [2.45, 2.75) is 25.2 Å². The number of amides is 1. The molecular formula is C13H19BrN2O3S. The molecule has 20 heavy (non-hydrogen) atoms. The van der Waals surface area contributed by atoms with Gasteiger partial charge in [-0.1, -0.05) is 29.8 Å². The zero-order valence-corrected chi connectivity index (χ0v) is 13.9. The highest BCUT2D eigenvalue weighted by Gasteiger charge is 2.15. The van der Waals surface area contributed by atoms with Gasteiger partial charge in [-0.05, 0) is 36.6 Å². The lowest BCUT2D eigenvalue weighted by Gasteiger charge is -2.09. The molecule has 112 valence electrons. The van der Waals surface area contributed by atoms with Crippen LogP contribution in [0, 0.1) is 5.92 Å². The van der Waals surface area contributed by atoms with Gasteiger partial charge >= 0.3 is 0 Å². The summed E-state index contributed by atoms with van der Waals surface area (Å²) in [5, 5.41) is 2.67. The van der Waals surface area contributed by atoms with Crippen LogP contribution in [0.1, 0.15) is 20.3 Å². The molecule has 7 heteroatoms. The molecule has 0 bridgehead atoms. The average molecular weight is 363 g/mol. The van der Waals surface area contributed by atoms with Gasteiger partial charge < -0.3 is 5.32 Å². The average Bonchev–Trinajstić information content (AvgIpc) is 2.36. The number of hydrogen-bond acceptors (Lipinski definition) is 3. The maximum atomic E-state index is 11.9. The molecule has 0 radical (unpaired) electrons. The van der Waals surface area contributed by atoms with Crippen molar-refractivity contribution in [2.24, 2.45) is 5.92 Å². The van der Waals surface area contributed by atoms with E-state index >= 15 is 0 Å². The minimum Gasteiger partial charge on any atom is -0.355 e. The summed E-state index contributed by atoms with van der Waals surface area (Å²) in [4.78, 5) is 11.6. The predicted octanol–water partition coefficient (Wildman–Crippen LogP) is 1.89. The van der Waals surface area contributed by atoms with Crippen LogP contribution in [0.15, 0.2) is 33.6 Å². The molecule has 0 spiro atoms. The van der Waals surface area contributed by atoms with E-state index in [1.54, 1.807) is 12.1 Å². The number of carbonyl (C=O) groups is 1. The van der Waals surface area contributed by atoms with Crippen LogP contribution >= 0.6 is 15.9 Å². The van der Waals surface area contributed by atoms with E-state index in [4.69, 9.17) is 0 Å². The van der Waals surface area contributed by atoms with Crippen LogP contribution in [0.5, 0.6) is 0 Å². The Kier molecular flexibility index (Phi) is 6.64. The Balaban J connectivity index is 2.47. The summed E-state index contributed by atoms with van der Waals surface area (Å²) in [5.74, 6) is 0.168. The van der Waals surface area contributed by atoms with Crippen molar-refractivity contribution in [1.82, 2.24) is 10.0 Å². The third-order valence-electron chi connectivity index (χ3n) is 2.59. The zero-order chi connectivity index (χ0) is 15.2. The van der Waals surface area contributed by atoms with Gasteiger partial charge in [0.2, 0.25) is 15.9 Å². The van der Waals surface area contributed by atoms with E-state index in [9.17, 15) is 13.2 Å². The van der Waals surface area contributed by atoms with E-state index in [0.717, 1.165) is 10.9 Å². The number of benzene rings is 1. The number of carbonyl (C=O) groups excluding carboxylic acids is 1. The first kappa shape index (κ1) is 17.1. The first-order valence-corrected chi connectivity index (χ1v) is 8.61. The molecule has 1 aromatic rings. The van der Waals surface area contributed by atoms with E-state index in [1.165, 1.54) is 12.1 Å². The van der Waals surface area contributed by atoms with Crippen molar-refractivity contribution in [3.05, 3.63) is 28.7 Å². The molecule has 0 saturated carbocycles. The maximum absolute atomic E-state index is 11.9. The third-order valence-corrected chi connectivity index (χ3v) is 4.54. The Morgan fingerprint density at radius 2 is 1.85 bits per heavy atom. The number of sulfonamides is 1. The second-order valence-corrected chi connectivity index (χ2v) is 7.49. The van der Waals surface area contributed by atoms with Gasteiger partial charge in [-0.2, -0.15) is 0 Å². The number of rotatable bonds is 7. The van der Waals surface area contributed by atoms with Gasteiger partial charge in [-0.15, -0.1) is 0 Å². The zero-order valence-electron chi connectivity index (χ0n) is 11.5. The summed E-state index contributed by atoms with van der Waals surface area (Å²) in [7, 11) is -3.65. The van der Waals surface area contributed by atoms with Gasteiger partial charge in [-0.25, -0.2) is 13.1 Å². The molecule has 2 N–H and O–H groups in total. The highest BCUT2D eigenvalue weighted by molar-refractivity contribution is 9.10. The quantitative estimate of drug-likeness (QED) is 0.777. The van der Waals surface area contributed by atoms with Crippen LogP contribution < -0.4 is 10.0 Å². The van der Waals surface area contributed by atoms with Crippen molar-refractivity contribution in [1.29, 1.82) is 0 Å². The highest BCUT2D eigenvalue weighted by atomic mass is 79.9. The largest absolute Gasteiger partial charge is 0.355 e. The Morgan fingerprint density at radius 1 is 1.25 bits per heavy atom. The fourth-order valence-corrected chi connectivity index (χ4v) is 2.67. The van der Waals surface area contributed by atoms with Gasteiger partial charge in [0.25, 0.3) is 0 Å². The van der Waals surface area contributed by atoms with Crippen LogP contribution in [-0.2, 0) is 14.8 Å². The lowest BCUT2D eigenvalue weighted by Crippen LogP contribution is -2.37. The number of halogens is 1. The molecule has 0 atom stereocenters. The molecule has 0 aromatic heterocycles. The van der Waals surface area contributed by atoms with E-state index in [0.29, 0.717) is 12.5 Å². The van der Waals surface area contributed by atoms with Crippen molar-refractivity contribution in [3.63, 3.8) is 0 Å². The van der Waals surface area contributed by atoms with Crippen LogP contribution in [0.25, 0.3) is 0 Å². The van der Waals surface area contributed by atoms with Crippen LogP contribution in [0.4, 0.5) is 0 Å². The SMILES string of the molecule is CC(C)CCNC(=O)CNS(=O)(=O)c1ccc(Br)cc1. The number of nitrogens with one attached hydrogen (secondary N) is 2. The van der Waals surface area contributed by atoms with Crippen LogP contribution in [0.3, 0.4) is 0 Å². The van der Waals surface area contributed by atoms with Gasteiger partial charge in [0.1, 0.15) is 0 Å². The minimum atomic E-state index is -3.65. The smallest absolute Gasteiger partial charge is 0.241 e. The molecule has 0 aliphatic rings. The fourth-order valence-electron chi connectivity index (χ4n) is 1.42. The van der Waals surface area contributed by atoms with E-state index in [-0.39, 0.29) is 17.3 Å². The third kappa shape index (κ3) is 6.02. The molecule has 0 aliphatic heterocycles. The molecule has 0 aliphatic carbocycles. The number of hydrogen-bond donors (Lipinski definition) is 2. The molecule has 0 heterocycles. The molecule has 5 nitrogen and oxygen atoms in total. The fraction of sp³-hybridized carbons (Fsp3) is 0.462. The Bertz CT molecular complexity index is 541. The summed E-state index contributed by atoms with van der Waals surface area (Å²) >= 11 is 3.24. The van der Waals surface area contributed by atoms with Crippen LogP contribution in [0.2, 0.25) is 0 Å². The molecule has 0 fully saturated rings. The van der Waals surface area contributed by atoms with Gasteiger partial charge in [-0.3, -0.25) is 4.79 Å². The van der Waals surface area contributed by atoms with Gasteiger partial charge in [0.05, 0.1) is 11.4 Å². The van der Waals surface area contributed by atoms with E-state index in [1.807, 2.05) is 0 Å². The minimum absolute atomic E-state index is 0.135. The predicted molar refractivity (Wildman–Crippen MR) is 81.8 cm³/mol. The lowest BCUT2D eigenvalue weighted by molar-refractivity contribution is -0.119. The van der Waals surface area contributed by atoms with Gasteiger partial charge in [0, 0.05) is 11.0 Å². The second-order valence-electron chi connectivity index (χ2n) is 4.81. The van der Waals surface area contributed by atoms with Crippen LogP contribution in [-0.4, -0.2) is 27.4 Å². The molecule has 1 amide bonds. The Morgan fingerprint density at radius 3 is 2.40 bits per heavy atom. The van der Waals surface area contributed by atoms with Crippen molar-refractivity contribution in [2.75, 3.05) is 13.1 Å². The standard InChI is InChI=1S/C13H19BrN2O3S/c1-10(2)7-8-15-13(17)9-16-20(18,19)12-5-3-11(14)4-6-12/h3-6,10,16H,7-9H2,1-2H3,(H,15,17). The maximum Gasteiger partial charge on any atom is 0.241 e. The summed E-state index contributed by atoms with van der Waals surface area (Å²) in [6, 6.07) is 6.22. The van der Waals surface area contributed by atoms with Crippen molar-refractivity contribution < 1.29 is 13.2 Å². The topological polar surface area (TPSA) is 75.3 Å². The summed E-state index contributed by atoms with van der Waals surface area (Å²) in [6.45, 7) is 4.41. The summed E-state index contributed by atoms with van der Waals surface area (Å²) in [5.41, 5.74) is 0. The molecule has 1 aromatic carbocycles. The summed E-state index contributed by atoms with van der Waals surface area (Å²) in [6.07, 6.45) is 0.866. The molecule has 0 saturated heterocycles. The molecule has 0 unspecified atom stereocenters. The molecule has 1 rings (SSSR count). The highest BCUT2D eigenvalue weighted by Crippen LogP contribution is 2.14. The van der Waals surface area contributed by atoms with E-state index in [2.05, 4.69) is 39.8 Å². The Labute approximate surface area is 128 Å². The van der Waals surface area contributed by atoms with E-state index < -0.39 is 10.0 Å². The van der Waals surface area contributed by atoms with Gasteiger partial charge in [0.15, 0.2) is 0 Å². The second kappa shape index (κ2) is 7.75. The van der Waals surface area contributed by atoms with Crippen molar-refractivity contribution >= 4 is 31.9 Å². The summed E-state index contributed by atoms with van der Waals surface area (Å²) < 4.78 is 26.9. The lowest BCUT2D eigenvalue weighted by atomic mass is 10.1. The molecular weight excluding hydrogens is 344 g/mol. The Hall–Kier alpha value is -0.920.